The Labute approximate surface area is 116 Å². The predicted octanol–water partition coefficient (Wildman–Crippen LogP) is 1.44. The summed E-state index contributed by atoms with van der Waals surface area (Å²) in [5.74, 6) is 0.607. The number of anilines is 1. The van der Waals surface area contributed by atoms with Crippen LogP contribution in [0, 0.1) is 0 Å². The molecule has 2 rings (SSSR count). The molecule has 2 heterocycles. The van der Waals surface area contributed by atoms with Crippen molar-refractivity contribution in [3.05, 3.63) is 22.8 Å². The van der Waals surface area contributed by atoms with Crippen LogP contribution in [-0.4, -0.2) is 41.3 Å². The molecule has 2 unspecified atom stereocenters. The molecule has 0 aromatic carbocycles. The zero-order chi connectivity index (χ0) is 14.0. The van der Waals surface area contributed by atoms with Crippen LogP contribution in [0.5, 0.6) is 0 Å². The van der Waals surface area contributed by atoms with Crippen LogP contribution >= 0.6 is 11.6 Å². The number of morpholine rings is 1. The number of halogens is 1. The largest absolute Gasteiger partial charge is 0.409 e. The van der Waals surface area contributed by atoms with Crippen molar-refractivity contribution in [2.45, 2.75) is 26.0 Å². The first-order valence-corrected chi connectivity index (χ1v) is 6.43. The number of oxime groups is 1. The zero-order valence-corrected chi connectivity index (χ0v) is 11.6. The number of rotatable bonds is 2. The van der Waals surface area contributed by atoms with Crippen LogP contribution in [0.2, 0.25) is 5.02 Å². The van der Waals surface area contributed by atoms with Gasteiger partial charge in [-0.15, -0.1) is 0 Å². The van der Waals surface area contributed by atoms with Crippen LogP contribution in [0.3, 0.4) is 0 Å². The fourth-order valence-corrected chi connectivity index (χ4v) is 2.40. The highest BCUT2D eigenvalue weighted by Crippen LogP contribution is 2.30. The molecular weight excluding hydrogens is 268 g/mol. The van der Waals surface area contributed by atoms with Crippen molar-refractivity contribution in [1.29, 1.82) is 0 Å². The van der Waals surface area contributed by atoms with E-state index >= 15 is 0 Å². The summed E-state index contributed by atoms with van der Waals surface area (Å²) in [6.45, 7) is 5.36. The number of hydrogen-bond acceptors (Lipinski definition) is 5. The third kappa shape index (κ3) is 2.74. The van der Waals surface area contributed by atoms with Gasteiger partial charge in [0.15, 0.2) is 5.84 Å². The molecule has 2 atom stereocenters. The number of nitrogens with two attached hydrogens (primary N) is 1. The fraction of sp³-hybridized carbons (Fsp3) is 0.500. The molecule has 6 nitrogen and oxygen atoms in total. The van der Waals surface area contributed by atoms with Crippen molar-refractivity contribution >= 4 is 23.3 Å². The summed E-state index contributed by atoms with van der Waals surface area (Å²) in [6, 6.07) is 1.79. The second-order valence-electron chi connectivity index (χ2n) is 4.63. The van der Waals surface area contributed by atoms with E-state index in [1.165, 1.54) is 0 Å². The second-order valence-corrected chi connectivity index (χ2v) is 5.00. The lowest BCUT2D eigenvalue weighted by atomic mass is 10.1. The monoisotopic (exact) mass is 284 g/mol. The van der Waals surface area contributed by atoms with Gasteiger partial charge in [0, 0.05) is 18.3 Å². The van der Waals surface area contributed by atoms with Gasteiger partial charge in [0.05, 0.1) is 23.8 Å². The molecule has 0 amide bonds. The van der Waals surface area contributed by atoms with E-state index in [1.807, 2.05) is 13.8 Å². The van der Waals surface area contributed by atoms with Gasteiger partial charge in [-0.2, -0.15) is 0 Å². The molecule has 1 saturated heterocycles. The maximum atomic E-state index is 8.76. The van der Waals surface area contributed by atoms with E-state index in [0.29, 0.717) is 29.6 Å². The Morgan fingerprint density at radius 3 is 3.05 bits per heavy atom. The van der Waals surface area contributed by atoms with Crippen molar-refractivity contribution < 1.29 is 9.94 Å². The second kappa shape index (κ2) is 5.63. The number of aromatic nitrogens is 1. The molecule has 0 saturated carbocycles. The van der Waals surface area contributed by atoms with Gasteiger partial charge in [0.1, 0.15) is 5.82 Å². The molecule has 104 valence electrons. The summed E-state index contributed by atoms with van der Waals surface area (Å²) < 4.78 is 5.58. The summed E-state index contributed by atoms with van der Waals surface area (Å²) in [5, 5.41) is 12.1. The third-order valence-corrected chi connectivity index (χ3v) is 3.51. The third-order valence-electron chi connectivity index (χ3n) is 3.13. The van der Waals surface area contributed by atoms with Crippen LogP contribution < -0.4 is 10.6 Å². The van der Waals surface area contributed by atoms with E-state index in [9.17, 15) is 0 Å². The lowest BCUT2D eigenvalue weighted by molar-refractivity contribution is 0.0340. The van der Waals surface area contributed by atoms with Crippen molar-refractivity contribution in [3.63, 3.8) is 0 Å². The first kappa shape index (κ1) is 13.9. The number of nitrogens with zero attached hydrogens (tertiary/aromatic N) is 3. The highest BCUT2D eigenvalue weighted by molar-refractivity contribution is 6.36. The summed E-state index contributed by atoms with van der Waals surface area (Å²) >= 11 is 6.31. The van der Waals surface area contributed by atoms with Crippen molar-refractivity contribution in [1.82, 2.24) is 4.98 Å². The van der Waals surface area contributed by atoms with E-state index in [2.05, 4.69) is 15.0 Å². The van der Waals surface area contributed by atoms with E-state index in [0.717, 1.165) is 0 Å². The normalized spacial score (nSPS) is 24.6. The molecule has 0 spiro atoms. The molecule has 1 aromatic heterocycles. The Balaban J connectivity index is 2.39. The molecule has 0 bridgehead atoms. The van der Waals surface area contributed by atoms with E-state index in [4.69, 9.17) is 27.3 Å². The minimum absolute atomic E-state index is 0.0254. The molecule has 19 heavy (non-hydrogen) atoms. The fourth-order valence-electron chi connectivity index (χ4n) is 2.08. The van der Waals surface area contributed by atoms with Gasteiger partial charge in [-0.05, 0) is 19.9 Å². The topological polar surface area (TPSA) is 84.0 Å². The quantitative estimate of drug-likeness (QED) is 0.372. The highest BCUT2D eigenvalue weighted by Gasteiger charge is 2.27. The minimum Gasteiger partial charge on any atom is -0.409 e. The average Bonchev–Trinajstić information content (AvgIpc) is 2.41. The molecule has 1 aliphatic rings. The van der Waals surface area contributed by atoms with Crippen LogP contribution in [0.15, 0.2) is 17.4 Å². The lowest BCUT2D eigenvalue weighted by Gasteiger charge is -2.38. The highest BCUT2D eigenvalue weighted by atomic mass is 35.5. The Kier molecular flexibility index (Phi) is 4.11. The van der Waals surface area contributed by atoms with Crippen molar-refractivity contribution in [2.75, 3.05) is 18.1 Å². The van der Waals surface area contributed by atoms with Crippen molar-refractivity contribution in [3.8, 4) is 0 Å². The molecule has 1 aromatic rings. The summed E-state index contributed by atoms with van der Waals surface area (Å²) in [5.41, 5.74) is 6.07. The lowest BCUT2D eigenvalue weighted by Crippen LogP contribution is -2.48. The molecular formula is C12H17ClN4O2. The van der Waals surface area contributed by atoms with Gasteiger partial charge in [-0.3, -0.25) is 0 Å². The molecule has 0 aliphatic carbocycles. The van der Waals surface area contributed by atoms with Crippen LogP contribution in [0.25, 0.3) is 0 Å². The van der Waals surface area contributed by atoms with Gasteiger partial charge in [0.2, 0.25) is 0 Å². The standard InChI is InChI=1S/C12H17ClN4O2/c1-7-6-19-8(2)5-17(7)12-10(13)9(3-4-15-12)11(14)16-18/h3-4,7-8,18H,5-6H2,1-2H3,(H2,14,16). The van der Waals surface area contributed by atoms with Crippen LogP contribution in [0.1, 0.15) is 19.4 Å². The number of amidine groups is 1. The number of hydrogen-bond donors (Lipinski definition) is 2. The van der Waals surface area contributed by atoms with Crippen LogP contribution in [-0.2, 0) is 4.74 Å². The number of pyridine rings is 1. The Morgan fingerprint density at radius 1 is 1.63 bits per heavy atom. The van der Waals surface area contributed by atoms with Gasteiger partial charge in [-0.1, -0.05) is 16.8 Å². The molecule has 0 radical (unpaired) electrons. The number of ether oxygens (including phenoxy) is 1. The summed E-state index contributed by atoms with van der Waals surface area (Å²) in [4.78, 5) is 6.38. The molecule has 3 N–H and O–H groups in total. The van der Waals surface area contributed by atoms with Gasteiger partial charge < -0.3 is 20.6 Å². The Bertz CT molecular complexity index is 495. The van der Waals surface area contributed by atoms with Gasteiger partial charge in [0.25, 0.3) is 0 Å². The van der Waals surface area contributed by atoms with Crippen molar-refractivity contribution in [2.24, 2.45) is 10.9 Å². The van der Waals surface area contributed by atoms with E-state index in [-0.39, 0.29) is 18.0 Å². The van der Waals surface area contributed by atoms with E-state index < -0.39 is 0 Å². The zero-order valence-electron chi connectivity index (χ0n) is 10.9. The summed E-state index contributed by atoms with van der Waals surface area (Å²) in [7, 11) is 0. The predicted molar refractivity (Wildman–Crippen MR) is 74.0 cm³/mol. The molecule has 1 fully saturated rings. The Hall–Kier alpha value is -1.53. The minimum atomic E-state index is -0.0254. The summed E-state index contributed by atoms with van der Waals surface area (Å²) in [6.07, 6.45) is 1.71. The van der Waals surface area contributed by atoms with Gasteiger partial charge >= 0.3 is 0 Å². The Morgan fingerprint density at radius 2 is 2.37 bits per heavy atom. The van der Waals surface area contributed by atoms with E-state index in [1.54, 1.807) is 12.3 Å². The van der Waals surface area contributed by atoms with Gasteiger partial charge in [-0.25, -0.2) is 4.98 Å². The maximum Gasteiger partial charge on any atom is 0.171 e. The maximum absolute atomic E-state index is 8.76. The first-order chi connectivity index (χ1) is 9.04. The van der Waals surface area contributed by atoms with Crippen LogP contribution in [0.4, 0.5) is 5.82 Å². The first-order valence-electron chi connectivity index (χ1n) is 6.05. The smallest absolute Gasteiger partial charge is 0.171 e. The average molecular weight is 285 g/mol. The molecule has 1 aliphatic heterocycles. The molecule has 7 heteroatoms. The SMILES string of the molecule is CC1CN(c2nccc(/C(N)=N/O)c2Cl)C(C)CO1.